The molecular weight excluding hydrogens is 246 g/mol. The Morgan fingerprint density at radius 2 is 2.39 bits per heavy atom. The summed E-state index contributed by atoms with van der Waals surface area (Å²) in [6, 6.07) is 4.03. The molecule has 1 unspecified atom stereocenters. The predicted octanol–water partition coefficient (Wildman–Crippen LogP) is 1.63. The molecule has 0 radical (unpaired) electrons. The van der Waals surface area contributed by atoms with Crippen LogP contribution >= 0.6 is 11.5 Å². The van der Waals surface area contributed by atoms with Crippen molar-refractivity contribution in [3.05, 3.63) is 40.7 Å². The quantitative estimate of drug-likeness (QED) is 0.612. The fraction of sp³-hybridized carbons (Fsp3) is 0.417. The second-order valence-electron chi connectivity index (χ2n) is 4.12. The van der Waals surface area contributed by atoms with Gasteiger partial charge in [-0.3, -0.25) is 16.3 Å². The van der Waals surface area contributed by atoms with E-state index in [4.69, 9.17) is 5.84 Å². The molecule has 0 aliphatic carbocycles. The lowest BCUT2D eigenvalue weighted by molar-refractivity contribution is 0.553. The van der Waals surface area contributed by atoms with E-state index in [-0.39, 0.29) is 6.04 Å². The molecule has 3 N–H and O–H groups in total. The van der Waals surface area contributed by atoms with Gasteiger partial charge in [0.05, 0.1) is 16.6 Å². The Hall–Kier alpha value is -1.37. The molecule has 2 aromatic heterocycles. The lowest BCUT2D eigenvalue weighted by Crippen LogP contribution is -2.29. The van der Waals surface area contributed by atoms with Crippen molar-refractivity contribution < 1.29 is 0 Å². The van der Waals surface area contributed by atoms with Gasteiger partial charge in [0.15, 0.2) is 0 Å². The maximum Gasteiger partial charge on any atom is 0.0804 e. The Labute approximate surface area is 111 Å². The summed E-state index contributed by atoms with van der Waals surface area (Å²) in [5, 5.41) is 4.17. The molecule has 18 heavy (non-hydrogen) atoms. The number of rotatable bonds is 6. The first-order valence-corrected chi connectivity index (χ1v) is 6.78. The molecule has 0 saturated heterocycles. The molecule has 0 aromatic carbocycles. The third-order valence-corrected chi connectivity index (χ3v) is 3.63. The van der Waals surface area contributed by atoms with Crippen molar-refractivity contribution >= 4 is 11.5 Å². The van der Waals surface area contributed by atoms with E-state index in [2.05, 4.69) is 26.9 Å². The van der Waals surface area contributed by atoms with E-state index in [0.29, 0.717) is 0 Å². The Kier molecular flexibility index (Phi) is 4.74. The van der Waals surface area contributed by atoms with E-state index in [1.165, 1.54) is 11.5 Å². The molecule has 2 heterocycles. The minimum Gasteiger partial charge on any atom is -0.271 e. The monoisotopic (exact) mass is 263 g/mol. The Morgan fingerprint density at radius 3 is 3.06 bits per heavy atom. The van der Waals surface area contributed by atoms with E-state index >= 15 is 0 Å². The Balaban J connectivity index is 2.15. The number of pyridine rings is 1. The van der Waals surface area contributed by atoms with Gasteiger partial charge in [0, 0.05) is 12.4 Å². The number of hydrogen-bond acceptors (Lipinski definition) is 6. The smallest absolute Gasteiger partial charge is 0.0804 e. The molecule has 0 amide bonds. The van der Waals surface area contributed by atoms with Crippen molar-refractivity contribution in [3.8, 4) is 0 Å². The third kappa shape index (κ3) is 3.10. The van der Waals surface area contributed by atoms with Gasteiger partial charge < -0.3 is 0 Å². The fourth-order valence-corrected chi connectivity index (χ4v) is 2.63. The van der Waals surface area contributed by atoms with E-state index in [9.17, 15) is 0 Å². The van der Waals surface area contributed by atoms with Crippen LogP contribution in [0.4, 0.5) is 0 Å². The summed E-state index contributed by atoms with van der Waals surface area (Å²) in [5.41, 5.74) is 5.05. The van der Waals surface area contributed by atoms with Gasteiger partial charge >= 0.3 is 0 Å². The number of hydrogen-bond donors (Lipinski definition) is 2. The van der Waals surface area contributed by atoms with Gasteiger partial charge in [-0.2, -0.15) is 0 Å². The summed E-state index contributed by atoms with van der Waals surface area (Å²) in [7, 11) is 0. The largest absolute Gasteiger partial charge is 0.271 e. The van der Waals surface area contributed by atoms with Crippen molar-refractivity contribution in [2.24, 2.45) is 5.84 Å². The first kappa shape index (κ1) is 13.1. The molecule has 0 bridgehead atoms. The van der Waals surface area contributed by atoms with Crippen LogP contribution in [0.15, 0.2) is 24.5 Å². The molecule has 0 aliphatic heterocycles. The van der Waals surface area contributed by atoms with Gasteiger partial charge in [-0.05, 0) is 36.0 Å². The number of hydrazine groups is 1. The molecular formula is C12H17N5S. The summed E-state index contributed by atoms with van der Waals surface area (Å²) in [4.78, 5) is 5.24. The van der Waals surface area contributed by atoms with Crippen LogP contribution in [0.2, 0.25) is 0 Å². The molecule has 0 spiro atoms. The number of aromatic nitrogens is 3. The zero-order valence-corrected chi connectivity index (χ0v) is 11.2. The van der Waals surface area contributed by atoms with E-state index in [1.54, 1.807) is 6.20 Å². The molecule has 2 aromatic rings. The Morgan fingerprint density at radius 1 is 1.50 bits per heavy atom. The SMILES string of the molecule is CCCc1nnsc1C(Cc1cccnc1)NN. The van der Waals surface area contributed by atoms with Gasteiger partial charge in [-0.15, -0.1) is 5.10 Å². The normalized spacial score (nSPS) is 12.6. The summed E-state index contributed by atoms with van der Waals surface area (Å²) >= 11 is 1.42. The van der Waals surface area contributed by atoms with Gasteiger partial charge in [0.1, 0.15) is 0 Å². The van der Waals surface area contributed by atoms with Crippen LogP contribution in [0.25, 0.3) is 0 Å². The highest BCUT2D eigenvalue weighted by molar-refractivity contribution is 7.05. The van der Waals surface area contributed by atoms with Crippen LogP contribution in [0.3, 0.4) is 0 Å². The average molecular weight is 263 g/mol. The van der Waals surface area contributed by atoms with Crippen molar-refractivity contribution in [1.82, 2.24) is 20.0 Å². The van der Waals surface area contributed by atoms with Gasteiger partial charge in [0.25, 0.3) is 0 Å². The first-order valence-electron chi connectivity index (χ1n) is 6.01. The zero-order chi connectivity index (χ0) is 12.8. The summed E-state index contributed by atoms with van der Waals surface area (Å²) < 4.78 is 4.03. The van der Waals surface area contributed by atoms with Crippen LogP contribution < -0.4 is 11.3 Å². The van der Waals surface area contributed by atoms with E-state index in [1.807, 2.05) is 18.3 Å². The average Bonchev–Trinajstić information content (AvgIpc) is 2.86. The lowest BCUT2D eigenvalue weighted by atomic mass is 10.0. The van der Waals surface area contributed by atoms with Crippen molar-refractivity contribution in [2.75, 3.05) is 0 Å². The molecule has 1 atom stereocenters. The molecule has 6 heteroatoms. The van der Waals surface area contributed by atoms with E-state index in [0.717, 1.165) is 35.4 Å². The highest BCUT2D eigenvalue weighted by atomic mass is 32.1. The van der Waals surface area contributed by atoms with Gasteiger partial charge in [-0.1, -0.05) is 23.9 Å². The highest BCUT2D eigenvalue weighted by Crippen LogP contribution is 2.24. The number of aryl methyl sites for hydroxylation is 1. The van der Waals surface area contributed by atoms with Crippen LogP contribution in [0.5, 0.6) is 0 Å². The Bertz CT molecular complexity index is 470. The summed E-state index contributed by atoms with van der Waals surface area (Å²) in [6.45, 7) is 2.13. The van der Waals surface area contributed by atoms with Crippen molar-refractivity contribution in [2.45, 2.75) is 32.2 Å². The minimum atomic E-state index is 0.0516. The third-order valence-electron chi connectivity index (χ3n) is 2.75. The molecule has 2 rings (SSSR count). The standard InChI is InChI=1S/C12H17N5S/c1-2-4-10-12(18-17-16-10)11(15-13)7-9-5-3-6-14-8-9/h3,5-6,8,11,15H,2,4,7,13H2,1H3. The van der Waals surface area contributed by atoms with Gasteiger partial charge in [0.2, 0.25) is 0 Å². The second-order valence-corrected chi connectivity index (χ2v) is 4.90. The van der Waals surface area contributed by atoms with Crippen LogP contribution in [-0.4, -0.2) is 14.6 Å². The minimum absolute atomic E-state index is 0.0516. The fourth-order valence-electron chi connectivity index (χ4n) is 1.87. The zero-order valence-electron chi connectivity index (χ0n) is 10.3. The predicted molar refractivity (Wildman–Crippen MR) is 71.9 cm³/mol. The topological polar surface area (TPSA) is 76.7 Å². The van der Waals surface area contributed by atoms with Gasteiger partial charge in [-0.25, -0.2) is 0 Å². The van der Waals surface area contributed by atoms with Crippen LogP contribution in [0.1, 0.15) is 35.5 Å². The number of nitrogens with zero attached hydrogens (tertiary/aromatic N) is 3. The van der Waals surface area contributed by atoms with Crippen molar-refractivity contribution in [1.29, 1.82) is 0 Å². The number of nitrogens with two attached hydrogens (primary N) is 1. The molecule has 0 aliphatic rings. The number of nitrogens with one attached hydrogen (secondary N) is 1. The second kappa shape index (κ2) is 6.53. The molecule has 5 nitrogen and oxygen atoms in total. The summed E-state index contributed by atoms with van der Waals surface area (Å²) in [5.74, 6) is 5.66. The molecule has 96 valence electrons. The highest BCUT2D eigenvalue weighted by Gasteiger charge is 2.18. The first-order chi connectivity index (χ1) is 8.85. The van der Waals surface area contributed by atoms with Crippen molar-refractivity contribution in [3.63, 3.8) is 0 Å². The maximum atomic E-state index is 5.66. The van der Waals surface area contributed by atoms with Crippen LogP contribution in [0, 0.1) is 0 Å². The maximum absolute atomic E-state index is 5.66. The summed E-state index contributed by atoms with van der Waals surface area (Å²) in [6.07, 6.45) is 6.42. The lowest BCUT2D eigenvalue weighted by Gasteiger charge is -2.14. The molecule has 0 fully saturated rings. The molecule has 0 saturated carbocycles. The van der Waals surface area contributed by atoms with Crippen LogP contribution in [-0.2, 0) is 12.8 Å². The van der Waals surface area contributed by atoms with E-state index < -0.39 is 0 Å².